The van der Waals surface area contributed by atoms with Crippen LogP contribution in [0, 0.1) is 5.41 Å². The van der Waals surface area contributed by atoms with E-state index in [0.29, 0.717) is 5.82 Å². The molecule has 3 N–H and O–H groups in total. The second-order valence-electron chi connectivity index (χ2n) is 4.38. The molecule has 1 atom stereocenters. The van der Waals surface area contributed by atoms with Gasteiger partial charge in [0.25, 0.3) is 0 Å². The summed E-state index contributed by atoms with van der Waals surface area (Å²) >= 11 is 0. The lowest BCUT2D eigenvalue weighted by Crippen LogP contribution is -2.38. The second kappa shape index (κ2) is 4.65. The van der Waals surface area contributed by atoms with Gasteiger partial charge in [-0.05, 0) is 19.4 Å². The van der Waals surface area contributed by atoms with Crippen LogP contribution in [0.1, 0.15) is 26.2 Å². The summed E-state index contributed by atoms with van der Waals surface area (Å²) in [4.78, 5) is 12.2. The van der Waals surface area contributed by atoms with Crippen LogP contribution in [0.5, 0.6) is 0 Å². The van der Waals surface area contributed by atoms with Gasteiger partial charge >= 0.3 is 0 Å². The molecule has 5 nitrogen and oxygen atoms in total. The lowest BCUT2D eigenvalue weighted by molar-refractivity contribution is -0.125. The van der Waals surface area contributed by atoms with Gasteiger partial charge in [0.2, 0.25) is 5.91 Å². The zero-order valence-electron chi connectivity index (χ0n) is 9.55. The Kier molecular flexibility index (Phi) is 3.24. The van der Waals surface area contributed by atoms with Gasteiger partial charge in [0.1, 0.15) is 5.82 Å². The highest BCUT2D eigenvalue weighted by molar-refractivity contribution is 5.94. The Labute approximate surface area is 95.0 Å². The van der Waals surface area contributed by atoms with Crippen LogP contribution >= 0.6 is 0 Å². The molecule has 1 aliphatic rings. The van der Waals surface area contributed by atoms with E-state index >= 15 is 0 Å². The number of hydrogen-bond donors (Lipinski definition) is 3. The molecule has 0 spiro atoms. The van der Waals surface area contributed by atoms with Crippen LogP contribution in [0.2, 0.25) is 0 Å². The van der Waals surface area contributed by atoms with Gasteiger partial charge in [-0.1, -0.05) is 13.3 Å². The molecule has 1 saturated heterocycles. The minimum Gasteiger partial charge on any atom is -0.316 e. The summed E-state index contributed by atoms with van der Waals surface area (Å²) in [7, 11) is 0. The van der Waals surface area contributed by atoms with Crippen LogP contribution in [0.3, 0.4) is 0 Å². The topological polar surface area (TPSA) is 69.8 Å². The Morgan fingerprint density at radius 2 is 2.56 bits per heavy atom. The number of amides is 1. The molecule has 88 valence electrons. The van der Waals surface area contributed by atoms with E-state index in [9.17, 15) is 4.79 Å². The smallest absolute Gasteiger partial charge is 0.233 e. The van der Waals surface area contributed by atoms with Crippen molar-refractivity contribution in [2.45, 2.75) is 26.2 Å². The minimum atomic E-state index is -0.236. The number of H-pyrrole nitrogens is 1. The Bertz CT molecular complexity index is 341. The molecule has 0 bridgehead atoms. The third-order valence-corrected chi connectivity index (χ3v) is 3.20. The number of carbonyl (C=O) groups is 1. The van der Waals surface area contributed by atoms with Gasteiger partial charge in [-0.15, -0.1) is 0 Å². The average molecular weight is 222 g/mol. The predicted octanol–water partition coefficient (Wildman–Crippen LogP) is 1.13. The highest BCUT2D eigenvalue weighted by Gasteiger charge is 2.40. The molecule has 1 fully saturated rings. The lowest BCUT2D eigenvalue weighted by Gasteiger charge is -2.25. The first-order chi connectivity index (χ1) is 7.77. The van der Waals surface area contributed by atoms with E-state index in [1.807, 2.05) is 0 Å². The molecule has 1 amide bonds. The molecule has 0 aromatic carbocycles. The zero-order valence-corrected chi connectivity index (χ0v) is 9.55. The Morgan fingerprint density at radius 1 is 1.69 bits per heavy atom. The number of aromatic nitrogens is 2. The number of aromatic amines is 1. The summed E-state index contributed by atoms with van der Waals surface area (Å²) in [6.45, 7) is 3.82. The maximum absolute atomic E-state index is 12.2. The predicted molar refractivity (Wildman–Crippen MR) is 62.0 cm³/mol. The summed E-state index contributed by atoms with van der Waals surface area (Å²) in [5.74, 6) is 0.774. The van der Waals surface area contributed by atoms with Gasteiger partial charge in [-0.25, -0.2) is 0 Å². The van der Waals surface area contributed by atoms with E-state index in [1.54, 1.807) is 12.3 Å². The van der Waals surface area contributed by atoms with Gasteiger partial charge in [-0.2, -0.15) is 5.10 Å². The summed E-state index contributed by atoms with van der Waals surface area (Å²) in [5, 5.41) is 12.7. The fraction of sp³-hybridized carbons (Fsp3) is 0.636. The zero-order chi connectivity index (χ0) is 11.4. The van der Waals surface area contributed by atoms with Crippen LogP contribution in [0.4, 0.5) is 5.82 Å². The Hall–Kier alpha value is -1.36. The average Bonchev–Trinajstić information content (AvgIpc) is 2.89. The SMILES string of the molecule is CCCC1(C(=O)Nc2ccn[nH]2)CCNC1. The molecule has 1 aromatic rings. The van der Waals surface area contributed by atoms with Crippen LogP contribution in [0.15, 0.2) is 12.3 Å². The molecule has 0 saturated carbocycles. The lowest BCUT2D eigenvalue weighted by atomic mass is 9.81. The number of hydrogen-bond acceptors (Lipinski definition) is 3. The van der Waals surface area contributed by atoms with Crippen molar-refractivity contribution in [3.8, 4) is 0 Å². The quantitative estimate of drug-likeness (QED) is 0.715. The monoisotopic (exact) mass is 222 g/mol. The van der Waals surface area contributed by atoms with Gasteiger partial charge < -0.3 is 10.6 Å². The van der Waals surface area contributed by atoms with Gasteiger partial charge in [-0.3, -0.25) is 9.89 Å². The number of nitrogens with one attached hydrogen (secondary N) is 3. The molecule has 2 rings (SSSR count). The summed E-state index contributed by atoms with van der Waals surface area (Å²) in [6.07, 6.45) is 4.51. The van der Waals surface area contributed by atoms with E-state index in [2.05, 4.69) is 27.8 Å². The number of rotatable bonds is 4. The molecular weight excluding hydrogens is 204 g/mol. The molecule has 5 heteroatoms. The standard InChI is InChI=1S/C11H18N4O/c1-2-4-11(5-7-12-8-11)10(16)14-9-3-6-13-15-9/h3,6,12H,2,4-5,7-8H2,1H3,(H2,13,14,15,16). The summed E-state index contributed by atoms with van der Waals surface area (Å²) in [5.41, 5.74) is -0.236. The number of carbonyl (C=O) groups excluding carboxylic acids is 1. The van der Waals surface area contributed by atoms with E-state index in [0.717, 1.165) is 32.4 Å². The molecule has 1 unspecified atom stereocenters. The Morgan fingerprint density at radius 3 is 3.12 bits per heavy atom. The van der Waals surface area contributed by atoms with E-state index in [-0.39, 0.29) is 11.3 Å². The van der Waals surface area contributed by atoms with E-state index in [4.69, 9.17) is 0 Å². The number of nitrogens with zero attached hydrogens (tertiary/aromatic N) is 1. The molecule has 2 heterocycles. The first-order valence-corrected chi connectivity index (χ1v) is 5.78. The van der Waals surface area contributed by atoms with Gasteiger partial charge in [0, 0.05) is 12.6 Å². The van der Waals surface area contributed by atoms with Crippen molar-refractivity contribution in [1.29, 1.82) is 0 Å². The molecule has 1 aromatic heterocycles. The van der Waals surface area contributed by atoms with Crippen molar-refractivity contribution in [3.05, 3.63) is 12.3 Å². The van der Waals surface area contributed by atoms with Crippen LogP contribution < -0.4 is 10.6 Å². The molecule has 16 heavy (non-hydrogen) atoms. The maximum Gasteiger partial charge on any atom is 0.233 e. The van der Waals surface area contributed by atoms with Gasteiger partial charge in [0.15, 0.2) is 0 Å². The Balaban J connectivity index is 2.05. The van der Waals surface area contributed by atoms with Crippen molar-refractivity contribution in [2.75, 3.05) is 18.4 Å². The summed E-state index contributed by atoms with van der Waals surface area (Å²) in [6, 6.07) is 1.76. The fourth-order valence-electron chi connectivity index (χ4n) is 2.32. The highest BCUT2D eigenvalue weighted by Crippen LogP contribution is 2.32. The molecule has 0 aliphatic carbocycles. The van der Waals surface area contributed by atoms with Crippen molar-refractivity contribution >= 4 is 11.7 Å². The van der Waals surface area contributed by atoms with Crippen molar-refractivity contribution in [3.63, 3.8) is 0 Å². The molecule has 0 radical (unpaired) electrons. The second-order valence-corrected chi connectivity index (χ2v) is 4.38. The maximum atomic E-state index is 12.2. The van der Waals surface area contributed by atoms with Crippen molar-refractivity contribution in [2.24, 2.45) is 5.41 Å². The van der Waals surface area contributed by atoms with Crippen molar-refractivity contribution in [1.82, 2.24) is 15.5 Å². The fourth-order valence-corrected chi connectivity index (χ4v) is 2.32. The first kappa shape index (κ1) is 11.1. The summed E-state index contributed by atoms with van der Waals surface area (Å²) < 4.78 is 0. The normalized spacial score (nSPS) is 24.6. The first-order valence-electron chi connectivity index (χ1n) is 5.78. The van der Waals surface area contributed by atoms with Gasteiger partial charge in [0.05, 0.1) is 11.6 Å². The van der Waals surface area contributed by atoms with E-state index in [1.165, 1.54) is 0 Å². The third-order valence-electron chi connectivity index (χ3n) is 3.20. The van der Waals surface area contributed by atoms with E-state index < -0.39 is 0 Å². The molecule has 1 aliphatic heterocycles. The van der Waals surface area contributed by atoms with Crippen LogP contribution in [-0.2, 0) is 4.79 Å². The largest absolute Gasteiger partial charge is 0.316 e. The minimum absolute atomic E-state index is 0.101. The van der Waals surface area contributed by atoms with Crippen LogP contribution in [0.25, 0.3) is 0 Å². The number of anilines is 1. The van der Waals surface area contributed by atoms with Crippen molar-refractivity contribution < 1.29 is 4.79 Å². The third kappa shape index (κ3) is 2.09. The highest BCUT2D eigenvalue weighted by atomic mass is 16.2. The van der Waals surface area contributed by atoms with Crippen LogP contribution in [-0.4, -0.2) is 29.2 Å². The molecular formula is C11H18N4O.